The lowest BCUT2D eigenvalue weighted by atomic mass is 10.2. The largest absolute Gasteiger partial charge is 0.282 e. The van der Waals surface area contributed by atoms with E-state index in [4.69, 9.17) is 0 Å². The van der Waals surface area contributed by atoms with Gasteiger partial charge in [0.25, 0.3) is 0 Å². The molecule has 1 heterocycles. The summed E-state index contributed by atoms with van der Waals surface area (Å²) in [5, 5.41) is 0. The topological polar surface area (TPSA) is 59.1 Å². The van der Waals surface area contributed by atoms with Gasteiger partial charge in [-0.15, -0.1) is 0 Å². The number of hydrogen-bond acceptors (Lipinski definition) is 3. The quantitative estimate of drug-likeness (QED) is 0.892. The molecule has 112 valence electrons. The first kappa shape index (κ1) is 15.4. The Morgan fingerprint density at radius 1 is 1.29 bits per heavy atom. The molecule has 0 atom stereocenters. The summed E-state index contributed by atoms with van der Waals surface area (Å²) in [6.45, 7) is 1.94. The summed E-state index contributed by atoms with van der Waals surface area (Å²) < 4.78 is 39.8. The Bertz CT molecular complexity index is 717. The van der Waals surface area contributed by atoms with Gasteiger partial charge >= 0.3 is 0 Å². The first-order valence-electron chi connectivity index (χ1n) is 6.68. The van der Waals surface area contributed by atoms with E-state index in [1.165, 1.54) is 18.3 Å². The van der Waals surface area contributed by atoms with Gasteiger partial charge in [0.1, 0.15) is 5.82 Å². The Kier molecular flexibility index (Phi) is 4.90. The number of aromatic nitrogens is 1. The molecule has 0 aliphatic rings. The number of rotatable bonds is 6. The number of aryl methyl sites for hydroxylation is 2. The monoisotopic (exact) mass is 308 g/mol. The van der Waals surface area contributed by atoms with E-state index in [1.807, 2.05) is 6.92 Å². The van der Waals surface area contributed by atoms with Crippen LogP contribution in [0.2, 0.25) is 0 Å². The van der Waals surface area contributed by atoms with Crippen LogP contribution >= 0.6 is 0 Å². The zero-order chi connectivity index (χ0) is 15.3. The van der Waals surface area contributed by atoms with Crippen LogP contribution in [-0.4, -0.2) is 19.2 Å². The van der Waals surface area contributed by atoms with Gasteiger partial charge in [-0.2, -0.15) is 0 Å². The van der Waals surface area contributed by atoms with Crippen LogP contribution in [0.15, 0.2) is 42.7 Å². The molecule has 1 aromatic carbocycles. The number of benzene rings is 1. The molecule has 0 aliphatic carbocycles. The molecule has 0 unspecified atom stereocenters. The minimum Gasteiger partial charge on any atom is -0.282 e. The van der Waals surface area contributed by atoms with Crippen LogP contribution in [0.4, 0.5) is 10.1 Å². The molecule has 2 aromatic rings. The van der Waals surface area contributed by atoms with Crippen molar-refractivity contribution in [3.63, 3.8) is 0 Å². The second kappa shape index (κ2) is 6.67. The molecule has 0 aliphatic heterocycles. The maximum atomic E-state index is 13.1. The van der Waals surface area contributed by atoms with Crippen LogP contribution in [0.25, 0.3) is 0 Å². The molecular weight excluding hydrogens is 291 g/mol. The molecule has 0 radical (unpaired) electrons. The standard InChI is InChI=1S/C15H17FN2O2S/c1-2-13-6-8-17-11-15(13)18-21(19,20)9-7-12-4-3-5-14(16)10-12/h3-6,8,10-11,18H,2,7,9H2,1H3. The average molecular weight is 308 g/mol. The fourth-order valence-electron chi connectivity index (χ4n) is 1.99. The van der Waals surface area contributed by atoms with Crippen molar-refractivity contribution in [2.45, 2.75) is 19.8 Å². The van der Waals surface area contributed by atoms with Crippen molar-refractivity contribution >= 4 is 15.7 Å². The number of hydrogen-bond donors (Lipinski definition) is 1. The van der Waals surface area contributed by atoms with Gasteiger partial charge in [0.2, 0.25) is 10.0 Å². The van der Waals surface area contributed by atoms with Crippen LogP contribution in [0.1, 0.15) is 18.1 Å². The van der Waals surface area contributed by atoms with E-state index in [2.05, 4.69) is 9.71 Å². The van der Waals surface area contributed by atoms with Gasteiger partial charge in [0.15, 0.2) is 0 Å². The number of sulfonamides is 1. The van der Waals surface area contributed by atoms with Crippen molar-refractivity contribution in [1.82, 2.24) is 4.98 Å². The fourth-order valence-corrected chi connectivity index (χ4v) is 3.11. The number of halogens is 1. The molecule has 0 saturated carbocycles. The number of pyridine rings is 1. The van der Waals surface area contributed by atoms with Gasteiger partial charge in [-0.1, -0.05) is 19.1 Å². The van der Waals surface area contributed by atoms with E-state index in [0.29, 0.717) is 17.7 Å². The van der Waals surface area contributed by atoms with Gasteiger partial charge in [0.05, 0.1) is 17.6 Å². The van der Waals surface area contributed by atoms with Crippen molar-refractivity contribution in [3.05, 3.63) is 59.7 Å². The molecule has 1 aromatic heterocycles. The lowest BCUT2D eigenvalue weighted by Gasteiger charge is -2.11. The third-order valence-corrected chi connectivity index (χ3v) is 4.38. The van der Waals surface area contributed by atoms with Crippen molar-refractivity contribution in [1.29, 1.82) is 0 Å². The van der Waals surface area contributed by atoms with Gasteiger partial charge in [-0.05, 0) is 42.2 Å². The van der Waals surface area contributed by atoms with Crippen LogP contribution in [0.5, 0.6) is 0 Å². The summed E-state index contributed by atoms with van der Waals surface area (Å²) in [7, 11) is -3.49. The lowest BCUT2D eigenvalue weighted by molar-refractivity contribution is 0.599. The predicted octanol–water partition coefficient (Wildman–Crippen LogP) is 2.77. The molecule has 4 nitrogen and oxygen atoms in total. The predicted molar refractivity (Wildman–Crippen MR) is 81.1 cm³/mol. The average Bonchev–Trinajstić information content (AvgIpc) is 2.46. The molecule has 0 spiro atoms. The first-order valence-corrected chi connectivity index (χ1v) is 8.33. The second-order valence-electron chi connectivity index (χ2n) is 4.69. The Labute approximate surface area is 124 Å². The highest BCUT2D eigenvalue weighted by Crippen LogP contribution is 2.16. The van der Waals surface area contributed by atoms with E-state index in [-0.39, 0.29) is 18.0 Å². The first-order chi connectivity index (χ1) is 10.00. The minimum absolute atomic E-state index is 0.103. The van der Waals surface area contributed by atoms with Crippen molar-refractivity contribution in [2.75, 3.05) is 10.5 Å². The molecule has 0 saturated heterocycles. The molecule has 2 rings (SSSR count). The normalized spacial score (nSPS) is 11.3. The molecular formula is C15H17FN2O2S. The Hall–Kier alpha value is -1.95. The maximum absolute atomic E-state index is 13.1. The SMILES string of the molecule is CCc1ccncc1NS(=O)(=O)CCc1cccc(F)c1. The molecule has 21 heavy (non-hydrogen) atoms. The second-order valence-corrected chi connectivity index (χ2v) is 6.53. The van der Waals surface area contributed by atoms with E-state index in [0.717, 1.165) is 5.56 Å². The zero-order valence-corrected chi connectivity index (χ0v) is 12.5. The van der Waals surface area contributed by atoms with Gasteiger partial charge in [-0.25, -0.2) is 12.8 Å². The highest BCUT2D eigenvalue weighted by atomic mass is 32.2. The summed E-state index contributed by atoms with van der Waals surface area (Å²) in [6.07, 6.45) is 4.10. The third kappa shape index (κ3) is 4.53. The summed E-state index contributed by atoms with van der Waals surface area (Å²) >= 11 is 0. The lowest BCUT2D eigenvalue weighted by Crippen LogP contribution is -2.19. The summed E-state index contributed by atoms with van der Waals surface area (Å²) in [5.74, 6) is -0.465. The Balaban J connectivity index is 2.05. The molecule has 0 bridgehead atoms. The van der Waals surface area contributed by atoms with Gasteiger partial charge < -0.3 is 0 Å². The van der Waals surface area contributed by atoms with Crippen LogP contribution in [0, 0.1) is 5.82 Å². The van der Waals surface area contributed by atoms with Crippen LogP contribution < -0.4 is 4.72 Å². The fraction of sp³-hybridized carbons (Fsp3) is 0.267. The number of anilines is 1. The molecule has 0 amide bonds. The van der Waals surface area contributed by atoms with E-state index in [9.17, 15) is 12.8 Å². The molecule has 1 N–H and O–H groups in total. The summed E-state index contributed by atoms with van der Waals surface area (Å²) in [4.78, 5) is 3.93. The Morgan fingerprint density at radius 3 is 2.81 bits per heavy atom. The summed E-state index contributed by atoms with van der Waals surface area (Å²) in [5.41, 5.74) is 2.04. The zero-order valence-electron chi connectivity index (χ0n) is 11.7. The van der Waals surface area contributed by atoms with Crippen molar-refractivity contribution in [2.24, 2.45) is 0 Å². The van der Waals surface area contributed by atoms with Crippen molar-refractivity contribution < 1.29 is 12.8 Å². The smallest absolute Gasteiger partial charge is 0.233 e. The van der Waals surface area contributed by atoms with Gasteiger partial charge in [0, 0.05) is 6.20 Å². The third-order valence-electron chi connectivity index (χ3n) is 3.11. The minimum atomic E-state index is -3.49. The maximum Gasteiger partial charge on any atom is 0.233 e. The summed E-state index contributed by atoms with van der Waals surface area (Å²) in [6, 6.07) is 7.74. The van der Waals surface area contributed by atoms with E-state index < -0.39 is 10.0 Å². The number of nitrogens with zero attached hydrogens (tertiary/aromatic N) is 1. The number of nitrogens with one attached hydrogen (secondary N) is 1. The highest BCUT2D eigenvalue weighted by Gasteiger charge is 2.13. The van der Waals surface area contributed by atoms with Crippen LogP contribution in [0.3, 0.4) is 0 Å². The molecule has 0 fully saturated rings. The van der Waals surface area contributed by atoms with E-state index >= 15 is 0 Å². The molecule has 6 heteroatoms. The van der Waals surface area contributed by atoms with E-state index in [1.54, 1.807) is 24.4 Å². The van der Waals surface area contributed by atoms with Gasteiger partial charge in [-0.3, -0.25) is 9.71 Å². The van der Waals surface area contributed by atoms with Crippen molar-refractivity contribution in [3.8, 4) is 0 Å². The van der Waals surface area contributed by atoms with Crippen LogP contribution in [-0.2, 0) is 22.9 Å². The Morgan fingerprint density at radius 2 is 2.10 bits per heavy atom. The highest BCUT2D eigenvalue weighted by molar-refractivity contribution is 7.92.